The van der Waals surface area contributed by atoms with Gasteiger partial charge in [-0.25, -0.2) is 28.2 Å². The Balaban J connectivity index is 1.12. The van der Waals surface area contributed by atoms with Gasteiger partial charge in [-0.05, 0) is 37.5 Å². The van der Waals surface area contributed by atoms with Crippen molar-refractivity contribution in [3.8, 4) is 5.75 Å². The van der Waals surface area contributed by atoms with Crippen LogP contribution >= 0.6 is 0 Å². The molecule has 2 aromatic carbocycles. The second-order valence-electron chi connectivity index (χ2n) is 12.1. The molecule has 0 radical (unpaired) electrons. The van der Waals surface area contributed by atoms with Crippen LogP contribution in [0, 0.1) is 17.5 Å². The molecule has 3 aromatic rings. The monoisotopic (exact) mass is 651 g/mol. The van der Waals surface area contributed by atoms with Gasteiger partial charge in [-0.15, -0.1) is 0 Å². The average molecular weight is 652 g/mol. The lowest BCUT2D eigenvalue weighted by atomic mass is 10.0. The number of hydrogen-bond acceptors (Lipinski definition) is 10. The molecule has 4 saturated heterocycles. The smallest absolute Gasteiger partial charge is 0.247 e. The maximum absolute atomic E-state index is 14.7. The fourth-order valence-electron chi connectivity index (χ4n) is 7.15. The van der Waals surface area contributed by atoms with Gasteiger partial charge in [0, 0.05) is 55.8 Å². The first-order valence-corrected chi connectivity index (χ1v) is 15.7. The van der Waals surface area contributed by atoms with Crippen molar-refractivity contribution >= 4 is 34.6 Å². The van der Waals surface area contributed by atoms with Crippen LogP contribution in [-0.4, -0.2) is 78.9 Å². The minimum absolute atomic E-state index is 0.0416. The van der Waals surface area contributed by atoms with E-state index in [4.69, 9.17) is 14.3 Å². The van der Waals surface area contributed by atoms with Crippen LogP contribution in [0.3, 0.4) is 0 Å². The van der Waals surface area contributed by atoms with Crippen molar-refractivity contribution in [2.75, 3.05) is 60.6 Å². The maximum atomic E-state index is 14.7. The van der Waals surface area contributed by atoms with Gasteiger partial charge in [-0.1, -0.05) is 12.6 Å². The molecule has 2 N–H and O–H groups in total. The van der Waals surface area contributed by atoms with Gasteiger partial charge >= 0.3 is 0 Å². The molecule has 4 aliphatic heterocycles. The van der Waals surface area contributed by atoms with Crippen molar-refractivity contribution in [3.63, 3.8) is 0 Å². The Kier molecular flexibility index (Phi) is 8.64. The average Bonchev–Trinajstić information content (AvgIpc) is 3.86. The number of aromatic nitrogens is 2. The molecule has 0 unspecified atom stereocenters. The largest absolute Gasteiger partial charge is 0.494 e. The molecule has 1 aromatic heterocycles. The van der Waals surface area contributed by atoms with Crippen molar-refractivity contribution in [1.82, 2.24) is 14.9 Å². The summed E-state index contributed by atoms with van der Waals surface area (Å²) in [6, 6.07) is 7.65. The number of ether oxygens (including phenoxy) is 2. The molecule has 14 heteroatoms. The summed E-state index contributed by atoms with van der Waals surface area (Å²) in [6.45, 7) is 7.29. The molecule has 0 aliphatic carbocycles. The Hall–Kier alpha value is -4.40. The van der Waals surface area contributed by atoms with Crippen molar-refractivity contribution < 1.29 is 32.3 Å². The predicted octanol–water partition coefficient (Wildman–Crippen LogP) is 5.10. The maximum Gasteiger partial charge on any atom is 0.247 e. The van der Waals surface area contributed by atoms with E-state index in [1.54, 1.807) is 19.2 Å². The van der Waals surface area contributed by atoms with Crippen LogP contribution in [0.15, 0.2) is 49.3 Å². The van der Waals surface area contributed by atoms with Gasteiger partial charge in [-0.2, -0.15) is 0 Å². The summed E-state index contributed by atoms with van der Waals surface area (Å²) < 4.78 is 53.9. The standard InChI is InChI=1S/C33H36F3N7O4/c1-3-31(44)40-24-13-25(28(45-2)14-27(24)41-9-6-19(7-10-41)42-16-21-12-20(42)17-46-21)39-29-15-30(38-18-37-29)43-26(8-11-47-43)22-4-5-23(34)33(36)32(22)35/h3-5,13-15,18-21,26H,1,6-12,16-17H2,2H3,(H,40,44)(H,37,38,39)/t20-,21-,26-/m1/s1. The van der Waals surface area contributed by atoms with E-state index < -0.39 is 23.5 Å². The predicted molar refractivity (Wildman–Crippen MR) is 169 cm³/mol. The number of carbonyl (C=O) groups is 1. The Bertz CT molecular complexity index is 1670. The SMILES string of the molecule is C=CC(=O)Nc1cc(Nc2cc(N3OCC[C@@H]3c3ccc(F)c(F)c3F)ncn2)c(OC)cc1N1CCC(N2C[C@H]3C[C@@H]2CO3)CC1. The van der Waals surface area contributed by atoms with Crippen molar-refractivity contribution in [2.45, 2.75) is 49.9 Å². The Labute approximate surface area is 270 Å². The van der Waals surface area contributed by atoms with Crippen LogP contribution in [0.5, 0.6) is 5.75 Å². The molecule has 7 rings (SSSR count). The molecule has 2 bridgehead atoms. The molecule has 4 aliphatic rings. The molecule has 5 heterocycles. The summed E-state index contributed by atoms with van der Waals surface area (Å²) in [4.78, 5) is 31.7. The number of hydrogen-bond donors (Lipinski definition) is 2. The van der Waals surface area contributed by atoms with Crippen LogP contribution in [0.2, 0.25) is 0 Å². The van der Waals surface area contributed by atoms with Crippen LogP contribution in [0.4, 0.5) is 41.9 Å². The van der Waals surface area contributed by atoms with E-state index in [1.165, 1.54) is 23.5 Å². The highest BCUT2D eigenvalue weighted by Gasteiger charge is 2.43. The summed E-state index contributed by atoms with van der Waals surface area (Å²) in [5, 5.41) is 7.54. The van der Waals surface area contributed by atoms with E-state index in [-0.39, 0.29) is 23.9 Å². The second kappa shape index (κ2) is 13.0. The lowest BCUT2D eigenvalue weighted by Gasteiger charge is -2.41. The first-order valence-electron chi connectivity index (χ1n) is 15.7. The molecule has 4 fully saturated rings. The van der Waals surface area contributed by atoms with Gasteiger partial charge in [-0.3, -0.25) is 14.5 Å². The third kappa shape index (κ3) is 6.08. The van der Waals surface area contributed by atoms with Crippen molar-refractivity contribution in [1.29, 1.82) is 0 Å². The molecule has 11 nitrogen and oxygen atoms in total. The fraction of sp³-hybridized carbons (Fsp3) is 0.424. The lowest BCUT2D eigenvalue weighted by Crippen LogP contribution is -2.49. The van der Waals surface area contributed by atoms with E-state index in [0.29, 0.717) is 47.6 Å². The quantitative estimate of drug-likeness (QED) is 0.240. The summed E-state index contributed by atoms with van der Waals surface area (Å²) in [7, 11) is 1.56. The molecular weight excluding hydrogens is 615 g/mol. The molecule has 0 spiro atoms. The first-order chi connectivity index (χ1) is 22.8. The Morgan fingerprint density at radius 1 is 1.06 bits per heavy atom. The van der Waals surface area contributed by atoms with E-state index >= 15 is 0 Å². The Morgan fingerprint density at radius 3 is 2.62 bits per heavy atom. The summed E-state index contributed by atoms with van der Waals surface area (Å²) in [5.74, 6) is -3.26. The number of piperidine rings is 1. The number of benzene rings is 2. The number of nitrogens with one attached hydrogen (secondary N) is 2. The number of hydroxylamine groups is 1. The second-order valence-corrected chi connectivity index (χ2v) is 12.1. The van der Waals surface area contributed by atoms with Crippen molar-refractivity contribution in [2.24, 2.45) is 0 Å². The summed E-state index contributed by atoms with van der Waals surface area (Å²) >= 11 is 0. The summed E-state index contributed by atoms with van der Waals surface area (Å²) in [6.07, 6.45) is 6.34. The topological polar surface area (TPSA) is 104 Å². The zero-order chi connectivity index (χ0) is 32.7. The first kappa shape index (κ1) is 31.2. The van der Waals surface area contributed by atoms with E-state index in [1.807, 2.05) is 6.07 Å². The number of fused-ring (bicyclic) bond motifs is 2. The van der Waals surface area contributed by atoms with E-state index in [0.717, 1.165) is 57.3 Å². The minimum atomic E-state index is -1.54. The van der Waals surface area contributed by atoms with Gasteiger partial charge in [0.2, 0.25) is 5.91 Å². The molecule has 47 heavy (non-hydrogen) atoms. The van der Waals surface area contributed by atoms with Crippen LogP contribution in [-0.2, 0) is 14.4 Å². The highest BCUT2D eigenvalue weighted by Crippen LogP contribution is 2.41. The lowest BCUT2D eigenvalue weighted by molar-refractivity contribution is -0.111. The van der Waals surface area contributed by atoms with Gasteiger partial charge in [0.05, 0.1) is 49.5 Å². The van der Waals surface area contributed by atoms with Gasteiger partial charge < -0.3 is 25.0 Å². The van der Waals surface area contributed by atoms with Gasteiger partial charge in [0.25, 0.3) is 0 Å². The third-order valence-corrected chi connectivity index (χ3v) is 9.45. The number of morpholine rings is 1. The van der Waals surface area contributed by atoms with Crippen molar-refractivity contribution in [3.05, 3.63) is 72.3 Å². The number of rotatable bonds is 9. The highest BCUT2D eigenvalue weighted by atomic mass is 19.2. The van der Waals surface area contributed by atoms with Gasteiger partial charge in [0.1, 0.15) is 17.9 Å². The Morgan fingerprint density at radius 2 is 1.89 bits per heavy atom. The number of halogens is 3. The number of nitrogens with zero attached hydrogens (tertiary/aromatic N) is 5. The molecule has 0 saturated carbocycles. The number of methoxy groups -OCH3 is 1. The molecule has 3 atom stereocenters. The van der Waals surface area contributed by atoms with Gasteiger partial charge in [0.15, 0.2) is 23.3 Å². The number of amides is 1. The third-order valence-electron chi connectivity index (χ3n) is 9.45. The number of carbonyl (C=O) groups excluding carboxylic acids is 1. The zero-order valence-electron chi connectivity index (χ0n) is 25.9. The molecular formula is C33H36F3N7O4. The highest BCUT2D eigenvalue weighted by molar-refractivity contribution is 6.02. The van der Waals surface area contributed by atoms with E-state index in [2.05, 4.69) is 37.0 Å². The molecule has 248 valence electrons. The minimum Gasteiger partial charge on any atom is -0.494 e. The molecule has 1 amide bonds. The van der Waals surface area contributed by atoms with Crippen LogP contribution < -0.4 is 25.3 Å². The van der Waals surface area contributed by atoms with Crippen LogP contribution in [0.25, 0.3) is 0 Å². The number of anilines is 5. The van der Waals surface area contributed by atoms with Crippen LogP contribution in [0.1, 0.15) is 37.3 Å². The normalized spacial score (nSPS) is 22.9. The number of likely N-dealkylation sites (tertiary alicyclic amines) is 1. The van der Waals surface area contributed by atoms with E-state index in [9.17, 15) is 18.0 Å². The fourth-order valence-corrected chi connectivity index (χ4v) is 7.15. The summed E-state index contributed by atoms with van der Waals surface area (Å²) in [5.41, 5.74) is 1.89. The zero-order valence-corrected chi connectivity index (χ0v) is 25.9.